The number of fused-ring (bicyclic) bond motifs is 1. The fraction of sp³-hybridized carbons (Fsp3) is 0.733. The Bertz CT molecular complexity index is 390. The van der Waals surface area contributed by atoms with E-state index in [1.54, 1.807) is 11.9 Å². The highest BCUT2D eigenvalue weighted by Crippen LogP contribution is 2.28. The highest BCUT2D eigenvalue weighted by molar-refractivity contribution is 5.97. The fourth-order valence-corrected chi connectivity index (χ4v) is 2.99. The summed E-state index contributed by atoms with van der Waals surface area (Å²) in [7, 11) is 0. The molecule has 1 unspecified atom stereocenters. The molecule has 0 spiro atoms. The Morgan fingerprint density at radius 3 is 2.89 bits per heavy atom. The van der Waals surface area contributed by atoms with Gasteiger partial charge in [-0.15, -0.1) is 0 Å². The van der Waals surface area contributed by atoms with Crippen LogP contribution in [0, 0.1) is 5.92 Å². The van der Waals surface area contributed by atoms with Crippen LogP contribution in [0.2, 0.25) is 0 Å². The maximum atomic E-state index is 12.7. The lowest BCUT2D eigenvalue weighted by atomic mass is 9.96. The third kappa shape index (κ3) is 3.06. The number of carbonyl (C=O) groups is 2. The molecule has 1 atom stereocenters. The highest BCUT2D eigenvalue weighted by Gasteiger charge is 2.36. The molecule has 1 fully saturated rings. The predicted octanol–water partition coefficient (Wildman–Crippen LogP) is 2.51. The number of allylic oxidation sites excluding steroid dienone is 1. The minimum Gasteiger partial charge on any atom is -0.293 e. The zero-order chi connectivity index (χ0) is 13.8. The Kier molecular flexibility index (Phi) is 4.75. The Morgan fingerprint density at radius 1 is 1.42 bits per heavy atom. The summed E-state index contributed by atoms with van der Waals surface area (Å²) in [5.74, 6) is 0.215. The van der Waals surface area contributed by atoms with Crippen molar-refractivity contribution >= 4 is 11.7 Å². The molecule has 2 heterocycles. The average molecular weight is 264 g/mol. The second-order valence-corrected chi connectivity index (χ2v) is 5.52. The molecule has 2 rings (SSSR count). The number of hydrogen-bond donors (Lipinski definition) is 0. The molecule has 4 nitrogen and oxygen atoms in total. The summed E-state index contributed by atoms with van der Waals surface area (Å²) in [5.41, 5.74) is 0.583. The van der Waals surface area contributed by atoms with E-state index in [1.165, 1.54) is 0 Å². The molecule has 1 amide bonds. The summed E-state index contributed by atoms with van der Waals surface area (Å²) in [4.78, 5) is 24.4. The zero-order valence-electron chi connectivity index (χ0n) is 12.0. The number of rotatable bonds is 4. The minimum atomic E-state index is -0.00538. The summed E-state index contributed by atoms with van der Waals surface area (Å²) in [6.45, 7) is 5.44. The van der Waals surface area contributed by atoms with E-state index in [2.05, 4.69) is 11.9 Å². The van der Waals surface area contributed by atoms with Crippen LogP contribution < -0.4 is 0 Å². The molecule has 2 aliphatic heterocycles. The van der Waals surface area contributed by atoms with Crippen molar-refractivity contribution in [2.24, 2.45) is 5.92 Å². The molecular weight excluding hydrogens is 240 g/mol. The van der Waals surface area contributed by atoms with Gasteiger partial charge in [0, 0.05) is 25.9 Å². The fourth-order valence-electron chi connectivity index (χ4n) is 2.99. The van der Waals surface area contributed by atoms with Crippen molar-refractivity contribution in [3.05, 3.63) is 11.8 Å². The monoisotopic (exact) mass is 264 g/mol. The van der Waals surface area contributed by atoms with Gasteiger partial charge in [0.1, 0.15) is 0 Å². The van der Waals surface area contributed by atoms with E-state index >= 15 is 0 Å². The molecule has 1 saturated heterocycles. The molecule has 4 heteroatoms. The van der Waals surface area contributed by atoms with Gasteiger partial charge in [0.15, 0.2) is 5.78 Å². The summed E-state index contributed by atoms with van der Waals surface area (Å²) in [6, 6.07) is 0. The van der Waals surface area contributed by atoms with Crippen LogP contribution in [-0.4, -0.2) is 34.8 Å². The number of Topliss-reactive ketones (excluding diaryl/α,β-unsaturated/α-hetero) is 1. The normalized spacial score (nSPS) is 24.7. The van der Waals surface area contributed by atoms with Crippen molar-refractivity contribution in [1.29, 1.82) is 0 Å². The van der Waals surface area contributed by atoms with Gasteiger partial charge in [-0.25, -0.2) is 10.0 Å². The number of hydrogen-bond acceptors (Lipinski definition) is 3. The van der Waals surface area contributed by atoms with Gasteiger partial charge >= 0.3 is 0 Å². The number of hydrazine groups is 1. The van der Waals surface area contributed by atoms with Gasteiger partial charge in [-0.2, -0.15) is 0 Å². The zero-order valence-corrected chi connectivity index (χ0v) is 12.0. The van der Waals surface area contributed by atoms with Gasteiger partial charge < -0.3 is 0 Å². The first kappa shape index (κ1) is 14.3. The minimum absolute atomic E-state index is 0.00538. The number of ketones is 1. The number of amides is 1. The van der Waals surface area contributed by atoms with Crippen LogP contribution in [0.4, 0.5) is 0 Å². The molecular formula is C15H24N2O2. The lowest BCUT2D eigenvalue weighted by molar-refractivity contribution is -0.150. The molecule has 0 radical (unpaired) electrons. The number of nitrogens with zero attached hydrogens (tertiary/aromatic N) is 2. The van der Waals surface area contributed by atoms with E-state index in [0.29, 0.717) is 5.70 Å². The Labute approximate surface area is 115 Å². The Morgan fingerprint density at radius 2 is 2.21 bits per heavy atom. The summed E-state index contributed by atoms with van der Waals surface area (Å²) >= 11 is 0. The molecule has 0 aliphatic carbocycles. The first-order chi connectivity index (χ1) is 9.15. The van der Waals surface area contributed by atoms with Crippen LogP contribution in [0.1, 0.15) is 52.4 Å². The van der Waals surface area contributed by atoms with Crippen molar-refractivity contribution in [2.75, 3.05) is 13.1 Å². The first-order valence-electron chi connectivity index (χ1n) is 7.45. The smallest absolute Gasteiger partial charge is 0.244 e. The van der Waals surface area contributed by atoms with Crippen LogP contribution in [-0.2, 0) is 9.59 Å². The van der Waals surface area contributed by atoms with E-state index in [4.69, 9.17) is 0 Å². The third-order valence-corrected chi connectivity index (χ3v) is 4.03. The molecule has 106 valence electrons. The average Bonchev–Trinajstić information content (AvgIpc) is 2.56. The van der Waals surface area contributed by atoms with Crippen molar-refractivity contribution < 1.29 is 9.59 Å². The van der Waals surface area contributed by atoms with Crippen molar-refractivity contribution in [1.82, 2.24) is 10.0 Å². The van der Waals surface area contributed by atoms with Crippen LogP contribution in [0.25, 0.3) is 0 Å². The van der Waals surface area contributed by atoms with Gasteiger partial charge in [-0.05, 0) is 25.7 Å². The van der Waals surface area contributed by atoms with Crippen LogP contribution in [0.3, 0.4) is 0 Å². The maximum absolute atomic E-state index is 12.7. The summed E-state index contributed by atoms with van der Waals surface area (Å²) < 4.78 is 0. The Hall–Kier alpha value is -1.16. The predicted molar refractivity (Wildman–Crippen MR) is 74.0 cm³/mol. The van der Waals surface area contributed by atoms with Crippen molar-refractivity contribution in [3.8, 4) is 0 Å². The largest absolute Gasteiger partial charge is 0.293 e. The van der Waals surface area contributed by atoms with Gasteiger partial charge in [0.2, 0.25) is 5.91 Å². The molecule has 0 saturated carbocycles. The second kappa shape index (κ2) is 6.33. The van der Waals surface area contributed by atoms with Gasteiger partial charge in [-0.1, -0.05) is 25.8 Å². The molecule has 0 aromatic rings. The first-order valence-corrected chi connectivity index (χ1v) is 7.45. The lowest BCUT2D eigenvalue weighted by Gasteiger charge is -2.37. The van der Waals surface area contributed by atoms with E-state index in [-0.39, 0.29) is 17.6 Å². The van der Waals surface area contributed by atoms with E-state index in [9.17, 15) is 9.59 Å². The van der Waals surface area contributed by atoms with Crippen LogP contribution in [0.5, 0.6) is 0 Å². The van der Waals surface area contributed by atoms with Gasteiger partial charge in [0.05, 0.1) is 5.70 Å². The molecule has 2 aliphatic rings. The molecule has 19 heavy (non-hydrogen) atoms. The quantitative estimate of drug-likeness (QED) is 0.783. The van der Waals surface area contributed by atoms with Gasteiger partial charge in [0.25, 0.3) is 0 Å². The lowest BCUT2D eigenvalue weighted by Crippen LogP contribution is -2.50. The Balaban J connectivity index is 2.21. The van der Waals surface area contributed by atoms with E-state index in [0.717, 1.165) is 51.6 Å². The van der Waals surface area contributed by atoms with Crippen LogP contribution >= 0.6 is 0 Å². The maximum Gasteiger partial charge on any atom is 0.244 e. The number of carbonyl (C=O) groups excluding carboxylic acids is 2. The van der Waals surface area contributed by atoms with Crippen molar-refractivity contribution in [3.63, 3.8) is 0 Å². The third-order valence-electron chi connectivity index (χ3n) is 4.03. The van der Waals surface area contributed by atoms with Gasteiger partial charge in [-0.3, -0.25) is 9.59 Å². The molecule has 0 bridgehead atoms. The number of unbranched alkanes of at least 4 members (excludes halogenated alkanes) is 1. The second-order valence-electron chi connectivity index (χ2n) is 5.52. The summed E-state index contributed by atoms with van der Waals surface area (Å²) in [5, 5.41) is 3.74. The molecule has 0 aromatic heterocycles. The summed E-state index contributed by atoms with van der Waals surface area (Å²) in [6.07, 6.45) is 7.92. The standard InChI is InChI=1S/C15H24N2O2/c1-3-4-7-13-8-5-10-16-11-6-9-14(12(2)18)17(16)15(13)19/h9,13H,3-8,10-11H2,1-2H3. The SMILES string of the molecule is CCCCC1CCCN2CCC=C(C(C)=O)N2C1=O. The van der Waals surface area contributed by atoms with E-state index < -0.39 is 0 Å². The topological polar surface area (TPSA) is 40.6 Å². The van der Waals surface area contributed by atoms with Crippen LogP contribution in [0.15, 0.2) is 11.8 Å². The molecule has 0 N–H and O–H groups in total. The van der Waals surface area contributed by atoms with Crippen molar-refractivity contribution in [2.45, 2.75) is 52.4 Å². The highest BCUT2D eigenvalue weighted by atomic mass is 16.2. The van der Waals surface area contributed by atoms with E-state index in [1.807, 2.05) is 6.08 Å². The molecule has 0 aromatic carbocycles.